The zero-order valence-electron chi connectivity index (χ0n) is 13.1. The SMILES string of the molecule is C[C@H](NS(=O)(=O)c1ccccc1Cl)C(=O)N1CCc2ccccc21. The van der Waals surface area contributed by atoms with Crippen molar-refractivity contribution in [2.75, 3.05) is 11.4 Å². The van der Waals surface area contributed by atoms with Crippen molar-refractivity contribution < 1.29 is 13.2 Å². The van der Waals surface area contributed by atoms with E-state index in [9.17, 15) is 13.2 Å². The van der Waals surface area contributed by atoms with Crippen LogP contribution in [0.5, 0.6) is 0 Å². The molecule has 3 rings (SSSR count). The van der Waals surface area contributed by atoms with Gasteiger partial charge in [-0.05, 0) is 37.1 Å². The van der Waals surface area contributed by atoms with Crippen molar-refractivity contribution in [3.8, 4) is 0 Å². The van der Waals surface area contributed by atoms with Crippen LogP contribution in [-0.2, 0) is 21.2 Å². The molecule has 24 heavy (non-hydrogen) atoms. The molecule has 2 aromatic carbocycles. The minimum absolute atomic E-state index is 0.0341. The molecule has 7 heteroatoms. The van der Waals surface area contributed by atoms with E-state index in [1.54, 1.807) is 17.0 Å². The van der Waals surface area contributed by atoms with Crippen molar-refractivity contribution in [3.63, 3.8) is 0 Å². The molecular weight excluding hydrogens is 348 g/mol. The van der Waals surface area contributed by atoms with Gasteiger partial charge in [-0.1, -0.05) is 41.9 Å². The van der Waals surface area contributed by atoms with Gasteiger partial charge in [-0.3, -0.25) is 4.79 Å². The molecule has 0 aliphatic carbocycles. The summed E-state index contributed by atoms with van der Waals surface area (Å²) in [5.74, 6) is -0.282. The number of sulfonamides is 1. The Hall–Kier alpha value is -1.89. The van der Waals surface area contributed by atoms with Crippen molar-refractivity contribution in [2.24, 2.45) is 0 Å². The minimum atomic E-state index is -3.87. The average molecular weight is 365 g/mol. The van der Waals surface area contributed by atoms with Crippen LogP contribution in [0.2, 0.25) is 5.02 Å². The molecule has 0 spiro atoms. The number of nitrogens with one attached hydrogen (secondary N) is 1. The number of halogens is 1. The van der Waals surface area contributed by atoms with Gasteiger partial charge < -0.3 is 4.90 Å². The summed E-state index contributed by atoms with van der Waals surface area (Å²) in [5, 5.41) is 0.121. The molecule has 0 saturated carbocycles. The number of carbonyl (C=O) groups is 1. The average Bonchev–Trinajstić information content (AvgIpc) is 2.98. The largest absolute Gasteiger partial charge is 0.310 e. The zero-order chi connectivity index (χ0) is 17.3. The molecule has 1 amide bonds. The Balaban J connectivity index is 1.79. The molecule has 0 radical (unpaired) electrons. The third-order valence-electron chi connectivity index (χ3n) is 3.98. The predicted molar refractivity (Wildman–Crippen MR) is 93.7 cm³/mol. The normalized spacial score (nSPS) is 15.2. The highest BCUT2D eigenvalue weighted by atomic mass is 35.5. The van der Waals surface area contributed by atoms with Crippen LogP contribution in [0, 0.1) is 0 Å². The van der Waals surface area contributed by atoms with Gasteiger partial charge in [0.2, 0.25) is 15.9 Å². The highest BCUT2D eigenvalue weighted by molar-refractivity contribution is 7.89. The molecule has 1 aliphatic heterocycles. The highest BCUT2D eigenvalue weighted by Crippen LogP contribution is 2.28. The summed E-state index contributed by atoms with van der Waals surface area (Å²) >= 11 is 5.95. The molecule has 1 aliphatic rings. The molecule has 0 aromatic heterocycles. The molecule has 1 atom stereocenters. The van der Waals surface area contributed by atoms with Crippen molar-refractivity contribution in [3.05, 3.63) is 59.1 Å². The van der Waals surface area contributed by atoms with Crippen LogP contribution in [0.15, 0.2) is 53.4 Å². The fraction of sp³-hybridized carbons (Fsp3) is 0.235. The number of amides is 1. The second-order valence-electron chi connectivity index (χ2n) is 5.64. The Morgan fingerprint density at radius 3 is 2.58 bits per heavy atom. The first-order chi connectivity index (χ1) is 11.4. The smallest absolute Gasteiger partial charge is 0.244 e. The minimum Gasteiger partial charge on any atom is -0.310 e. The molecular formula is C17H17ClN2O3S. The number of nitrogens with zero attached hydrogens (tertiary/aromatic N) is 1. The lowest BCUT2D eigenvalue weighted by Gasteiger charge is -2.22. The standard InChI is InChI=1S/C17H17ClN2O3S/c1-12(19-24(22,23)16-9-5-3-7-14(16)18)17(21)20-11-10-13-6-2-4-8-15(13)20/h2-9,12,19H,10-11H2,1H3/t12-/m0/s1. The van der Waals surface area contributed by atoms with E-state index in [2.05, 4.69) is 4.72 Å². The Bertz CT molecular complexity index is 883. The van der Waals surface area contributed by atoms with Crippen molar-refractivity contribution >= 4 is 33.2 Å². The van der Waals surface area contributed by atoms with Crippen LogP contribution in [0.25, 0.3) is 0 Å². The molecule has 0 bridgehead atoms. The number of para-hydroxylation sites is 1. The molecule has 0 saturated heterocycles. The number of anilines is 1. The fourth-order valence-electron chi connectivity index (χ4n) is 2.81. The Morgan fingerprint density at radius 2 is 1.83 bits per heavy atom. The van der Waals surface area contributed by atoms with E-state index in [4.69, 9.17) is 11.6 Å². The first kappa shape index (κ1) is 17.0. The van der Waals surface area contributed by atoms with E-state index in [1.807, 2.05) is 24.3 Å². The molecule has 2 aromatic rings. The third kappa shape index (κ3) is 3.17. The van der Waals surface area contributed by atoms with Gasteiger partial charge in [-0.25, -0.2) is 8.42 Å². The van der Waals surface area contributed by atoms with Crippen LogP contribution >= 0.6 is 11.6 Å². The van der Waals surface area contributed by atoms with Crippen LogP contribution in [-0.4, -0.2) is 26.9 Å². The molecule has 0 unspecified atom stereocenters. The summed E-state index contributed by atoms with van der Waals surface area (Å²) in [7, 11) is -3.87. The first-order valence-electron chi connectivity index (χ1n) is 7.56. The monoisotopic (exact) mass is 364 g/mol. The molecule has 126 valence electrons. The number of fused-ring (bicyclic) bond motifs is 1. The van der Waals surface area contributed by atoms with E-state index >= 15 is 0 Å². The highest BCUT2D eigenvalue weighted by Gasteiger charge is 2.30. The summed E-state index contributed by atoms with van der Waals surface area (Å²) in [4.78, 5) is 14.3. The van der Waals surface area contributed by atoms with E-state index in [0.29, 0.717) is 6.54 Å². The molecule has 5 nitrogen and oxygen atoms in total. The number of hydrogen-bond donors (Lipinski definition) is 1. The number of benzene rings is 2. The molecule has 1 N–H and O–H groups in total. The van der Waals surface area contributed by atoms with Crippen LogP contribution in [0.4, 0.5) is 5.69 Å². The maximum atomic E-state index is 12.7. The maximum Gasteiger partial charge on any atom is 0.244 e. The lowest BCUT2D eigenvalue weighted by Crippen LogP contribution is -2.46. The van der Waals surface area contributed by atoms with Crippen molar-refractivity contribution in [1.29, 1.82) is 0 Å². The van der Waals surface area contributed by atoms with Gasteiger partial charge in [0.1, 0.15) is 4.90 Å². The van der Waals surface area contributed by atoms with Crippen molar-refractivity contribution in [1.82, 2.24) is 4.72 Å². The first-order valence-corrected chi connectivity index (χ1v) is 9.42. The van der Waals surface area contributed by atoms with Crippen molar-refractivity contribution in [2.45, 2.75) is 24.3 Å². The fourth-order valence-corrected chi connectivity index (χ4v) is 4.53. The summed E-state index contributed by atoms with van der Waals surface area (Å²) in [6.45, 7) is 2.09. The summed E-state index contributed by atoms with van der Waals surface area (Å²) < 4.78 is 27.3. The third-order valence-corrected chi connectivity index (χ3v) is 6.02. The topological polar surface area (TPSA) is 66.5 Å². The summed E-state index contributed by atoms with van der Waals surface area (Å²) in [6, 6.07) is 12.9. The lowest BCUT2D eigenvalue weighted by atomic mass is 10.2. The van der Waals surface area contributed by atoms with Gasteiger partial charge in [0.05, 0.1) is 11.1 Å². The summed E-state index contributed by atoms with van der Waals surface area (Å²) in [5.41, 5.74) is 1.93. The Kier molecular flexibility index (Phi) is 4.62. The lowest BCUT2D eigenvalue weighted by molar-refractivity contribution is -0.119. The van der Waals surface area contributed by atoms with Gasteiger partial charge >= 0.3 is 0 Å². The molecule has 0 fully saturated rings. The van der Waals surface area contributed by atoms with Gasteiger partial charge in [0, 0.05) is 12.2 Å². The van der Waals surface area contributed by atoms with Crippen LogP contribution in [0.1, 0.15) is 12.5 Å². The second-order valence-corrected chi connectivity index (χ2v) is 7.73. The summed E-state index contributed by atoms with van der Waals surface area (Å²) in [6.07, 6.45) is 0.770. The zero-order valence-corrected chi connectivity index (χ0v) is 14.6. The van der Waals surface area contributed by atoms with E-state index in [-0.39, 0.29) is 15.8 Å². The van der Waals surface area contributed by atoms with Crippen LogP contribution < -0.4 is 9.62 Å². The number of hydrogen-bond acceptors (Lipinski definition) is 3. The van der Waals surface area contributed by atoms with Gasteiger partial charge in [0.15, 0.2) is 0 Å². The van der Waals surface area contributed by atoms with Gasteiger partial charge in [-0.2, -0.15) is 4.72 Å². The quantitative estimate of drug-likeness (QED) is 0.906. The van der Waals surface area contributed by atoms with E-state index in [0.717, 1.165) is 17.7 Å². The second kappa shape index (κ2) is 6.55. The van der Waals surface area contributed by atoms with E-state index in [1.165, 1.54) is 19.1 Å². The van der Waals surface area contributed by atoms with Crippen LogP contribution in [0.3, 0.4) is 0 Å². The Labute approximate surface area is 146 Å². The van der Waals surface area contributed by atoms with Gasteiger partial charge in [0.25, 0.3) is 0 Å². The number of rotatable bonds is 4. The predicted octanol–water partition coefficient (Wildman–Crippen LogP) is 2.60. The number of carbonyl (C=O) groups excluding carboxylic acids is 1. The maximum absolute atomic E-state index is 12.7. The van der Waals surface area contributed by atoms with E-state index < -0.39 is 16.1 Å². The van der Waals surface area contributed by atoms with Gasteiger partial charge in [-0.15, -0.1) is 0 Å². The Morgan fingerprint density at radius 1 is 1.17 bits per heavy atom. The molecule has 1 heterocycles.